The summed E-state index contributed by atoms with van der Waals surface area (Å²) in [6, 6.07) is 14.2. The van der Waals surface area contributed by atoms with Gasteiger partial charge in [-0.2, -0.15) is 0 Å². The molecule has 1 N–H and O–H groups in total. The zero-order chi connectivity index (χ0) is 13.7. The van der Waals surface area contributed by atoms with Gasteiger partial charge in [0.25, 0.3) is 5.91 Å². The minimum absolute atomic E-state index is 0.188. The van der Waals surface area contributed by atoms with Crippen LogP contribution in [0, 0.1) is 0 Å². The number of hydrogen-bond acceptors (Lipinski definition) is 3. The summed E-state index contributed by atoms with van der Waals surface area (Å²) < 4.78 is 10.2. The minimum atomic E-state index is -0.188. The van der Waals surface area contributed by atoms with E-state index in [4.69, 9.17) is 9.47 Å². The predicted molar refractivity (Wildman–Crippen MR) is 73.9 cm³/mol. The number of rotatable bonds is 4. The van der Waals surface area contributed by atoms with Gasteiger partial charge in [-0.15, -0.1) is 0 Å². The largest absolute Gasteiger partial charge is 0.497 e. The lowest BCUT2D eigenvalue weighted by Gasteiger charge is -2.08. The number of hydrogen-bond donors (Lipinski definition) is 1. The summed E-state index contributed by atoms with van der Waals surface area (Å²) in [7, 11) is 3.15. The second-order valence-corrected chi connectivity index (χ2v) is 3.92. The van der Waals surface area contributed by atoms with E-state index in [1.54, 1.807) is 50.6 Å². The second kappa shape index (κ2) is 5.91. The lowest BCUT2D eigenvalue weighted by atomic mass is 10.2. The molecule has 2 rings (SSSR count). The Bertz CT molecular complexity index is 581. The Morgan fingerprint density at radius 3 is 2.26 bits per heavy atom. The van der Waals surface area contributed by atoms with Crippen LogP contribution in [0.3, 0.4) is 0 Å². The van der Waals surface area contributed by atoms with E-state index in [0.29, 0.717) is 22.7 Å². The molecule has 0 spiro atoms. The molecule has 0 fully saturated rings. The van der Waals surface area contributed by atoms with Crippen LogP contribution in [0.15, 0.2) is 48.5 Å². The third-order valence-electron chi connectivity index (χ3n) is 2.66. The SMILES string of the molecule is COc1cccc(NC(=O)c2cccc(OC)c2)c1. The summed E-state index contributed by atoms with van der Waals surface area (Å²) in [5, 5.41) is 2.81. The Kier molecular flexibility index (Phi) is 4.03. The van der Waals surface area contributed by atoms with Crippen molar-refractivity contribution in [2.75, 3.05) is 19.5 Å². The van der Waals surface area contributed by atoms with E-state index in [9.17, 15) is 4.79 Å². The first-order valence-corrected chi connectivity index (χ1v) is 5.82. The molecule has 4 heteroatoms. The molecule has 4 nitrogen and oxygen atoms in total. The molecule has 0 aliphatic rings. The van der Waals surface area contributed by atoms with Gasteiger partial charge in [-0.05, 0) is 30.3 Å². The lowest BCUT2D eigenvalue weighted by Crippen LogP contribution is -2.11. The smallest absolute Gasteiger partial charge is 0.255 e. The third kappa shape index (κ3) is 3.25. The van der Waals surface area contributed by atoms with Crippen LogP contribution in [0.2, 0.25) is 0 Å². The number of carbonyl (C=O) groups is 1. The van der Waals surface area contributed by atoms with Gasteiger partial charge in [0, 0.05) is 17.3 Å². The van der Waals surface area contributed by atoms with Gasteiger partial charge in [-0.25, -0.2) is 0 Å². The fourth-order valence-electron chi connectivity index (χ4n) is 1.67. The number of anilines is 1. The maximum Gasteiger partial charge on any atom is 0.255 e. The van der Waals surface area contributed by atoms with Crippen LogP contribution in [0.25, 0.3) is 0 Å². The molecule has 2 aromatic carbocycles. The van der Waals surface area contributed by atoms with Crippen LogP contribution in [0.4, 0.5) is 5.69 Å². The van der Waals surface area contributed by atoms with Crippen molar-refractivity contribution in [3.63, 3.8) is 0 Å². The van der Waals surface area contributed by atoms with Gasteiger partial charge < -0.3 is 14.8 Å². The summed E-state index contributed by atoms with van der Waals surface area (Å²) >= 11 is 0. The van der Waals surface area contributed by atoms with E-state index in [-0.39, 0.29) is 5.91 Å². The van der Waals surface area contributed by atoms with Crippen molar-refractivity contribution in [3.05, 3.63) is 54.1 Å². The Labute approximate surface area is 112 Å². The third-order valence-corrected chi connectivity index (χ3v) is 2.66. The number of nitrogens with one attached hydrogen (secondary N) is 1. The first-order valence-electron chi connectivity index (χ1n) is 5.82. The van der Waals surface area contributed by atoms with Gasteiger partial charge in [0.05, 0.1) is 14.2 Å². The molecule has 0 heterocycles. The summed E-state index contributed by atoms with van der Waals surface area (Å²) in [5.74, 6) is 1.16. The molecule has 0 aliphatic carbocycles. The van der Waals surface area contributed by atoms with Gasteiger partial charge in [-0.3, -0.25) is 4.79 Å². The number of amides is 1. The van der Waals surface area contributed by atoms with Crippen LogP contribution in [-0.4, -0.2) is 20.1 Å². The molecule has 0 radical (unpaired) electrons. The molecule has 0 atom stereocenters. The van der Waals surface area contributed by atoms with E-state index in [0.717, 1.165) is 0 Å². The fourth-order valence-corrected chi connectivity index (χ4v) is 1.67. The van der Waals surface area contributed by atoms with Gasteiger partial charge in [0.15, 0.2) is 0 Å². The van der Waals surface area contributed by atoms with Crippen molar-refractivity contribution in [1.82, 2.24) is 0 Å². The zero-order valence-corrected chi connectivity index (χ0v) is 10.8. The normalized spacial score (nSPS) is 9.79. The maximum atomic E-state index is 12.1. The standard InChI is InChI=1S/C15H15NO3/c1-18-13-7-3-5-11(9-13)15(17)16-12-6-4-8-14(10-12)19-2/h3-10H,1-2H3,(H,16,17). The van der Waals surface area contributed by atoms with E-state index in [2.05, 4.69) is 5.32 Å². The Morgan fingerprint density at radius 2 is 1.58 bits per heavy atom. The van der Waals surface area contributed by atoms with Crippen LogP contribution < -0.4 is 14.8 Å². The van der Waals surface area contributed by atoms with Crippen LogP contribution >= 0.6 is 0 Å². The van der Waals surface area contributed by atoms with Crippen molar-refractivity contribution in [3.8, 4) is 11.5 Å². The quantitative estimate of drug-likeness (QED) is 0.916. The van der Waals surface area contributed by atoms with E-state index < -0.39 is 0 Å². The van der Waals surface area contributed by atoms with Crippen molar-refractivity contribution >= 4 is 11.6 Å². The van der Waals surface area contributed by atoms with Crippen LogP contribution in [0.1, 0.15) is 10.4 Å². The van der Waals surface area contributed by atoms with Gasteiger partial charge in [0.1, 0.15) is 11.5 Å². The highest BCUT2D eigenvalue weighted by Gasteiger charge is 2.07. The molecule has 0 unspecified atom stereocenters. The number of ether oxygens (including phenoxy) is 2. The van der Waals surface area contributed by atoms with E-state index in [1.807, 2.05) is 12.1 Å². The molecule has 98 valence electrons. The molecular formula is C15H15NO3. The second-order valence-electron chi connectivity index (χ2n) is 3.92. The molecule has 0 bridgehead atoms. The van der Waals surface area contributed by atoms with Crippen molar-refractivity contribution in [2.45, 2.75) is 0 Å². The topological polar surface area (TPSA) is 47.6 Å². The Morgan fingerprint density at radius 1 is 0.947 bits per heavy atom. The Hall–Kier alpha value is -2.49. The minimum Gasteiger partial charge on any atom is -0.497 e. The van der Waals surface area contributed by atoms with Crippen LogP contribution in [0.5, 0.6) is 11.5 Å². The van der Waals surface area contributed by atoms with Gasteiger partial charge in [0.2, 0.25) is 0 Å². The molecule has 0 aliphatic heterocycles. The highest BCUT2D eigenvalue weighted by atomic mass is 16.5. The monoisotopic (exact) mass is 257 g/mol. The highest BCUT2D eigenvalue weighted by Crippen LogP contribution is 2.18. The summed E-state index contributed by atoms with van der Waals surface area (Å²) in [6.07, 6.45) is 0. The Balaban J connectivity index is 2.15. The fraction of sp³-hybridized carbons (Fsp3) is 0.133. The average Bonchev–Trinajstić information content (AvgIpc) is 2.47. The van der Waals surface area contributed by atoms with Crippen molar-refractivity contribution in [1.29, 1.82) is 0 Å². The van der Waals surface area contributed by atoms with E-state index in [1.165, 1.54) is 0 Å². The molecule has 1 amide bonds. The molecule has 2 aromatic rings. The van der Waals surface area contributed by atoms with Crippen molar-refractivity contribution < 1.29 is 14.3 Å². The molecule has 0 aromatic heterocycles. The maximum absolute atomic E-state index is 12.1. The molecule has 0 saturated heterocycles. The number of benzene rings is 2. The first kappa shape index (κ1) is 13.0. The average molecular weight is 257 g/mol. The van der Waals surface area contributed by atoms with Gasteiger partial charge in [-0.1, -0.05) is 12.1 Å². The number of carbonyl (C=O) groups excluding carboxylic acids is 1. The van der Waals surface area contributed by atoms with Crippen molar-refractivity contribution in [2.24, 2.45) is 0 Å². The van der Waals surface area contributed by atoms with Crippen LogP contribution in [-0.2, 0) is 0 Å². The summed E-state index contributed by atoms with van der Waals surface area (Å²) in [5.41, 5.74) is 1.23. The lowest BCUT2D eigenvalue weighted by molar-refractivity contribution is 0.102. The summed E-state index contributed by atoms with van der Waals surface area (Å²) in [4.78, 5) is 12.1. The first-order chi connectivity index (χ1) is 9.22. The molecule has 0 saturated carbocycles. The van der Waals surface area contributed by atoms with E-state index >= 15 is 0 Å². The zero-order valence-electron chi connectivity index (χ0n) is 10.8. The molecule has 19 heavy (non-hydrogen) atoms. The highest BCUT2D eigenvalue weighted by molar-refractivity contribution is 6.04. The predicted octanol–water partition coefficient (Wildman–Crippen LogP) is 2.96. The number of methoxy groups -OCH3 is 2. The van der Waals surface area contributed by atoms with Gasteiger partial charge >= 0.3 is 0 Å². The molecular weight excluding hydrogens is 242 g/mol. The summed E-state index contributed by atoms with van der Waals surface area (Å²) in [6.45, 7) is 0.